The van der Waals surface area contributed by atoms with Crippen LogP contribution in [-0.4, -0.2) is 41.2 Å². The second kappa shape index (κ2) is 6.12. The summed E-state index contributed by atoms with van der Waals surface area (Å²) < 4.78 is 10.5. The molecule has 0 atom stereocenters. The average Bonchev–Trinajstić information content (AvgIpc) is 3.13. The lowest BCUT2D eigenvalue weighted by Crippen LogP contribution is -2.30. The van der Waals surface area contributed by atoms with Crippen LogP contribution in [0, 0.1) is 5.41 Å². The van der Waals surface area contributed by atoms with Crippen LogP contribution < -0.4 is 0 Å². The molecule has 1 saturated heterocycles. The van der Waals surface area contributed by atoms with Gasteiger partial charge in [0.2, 0.25) is 11.8 Å². The quantitative estimate of drug-likeness (QED) is 0.868. The molecule has 3 rings (SSSR count). The van der Waals surface area contributed by atoms with Crippen LogP contribution in [0.25, 0.3) is 11.5 Å². The number of likely N-dealkylation sites (tertiary alicyclic amines) is 1. The van der Waals surface area contributed by atoms with Gasteiger partial charge in [-0.05, 0) is 30.0 Å². The topological polar surface area (TPSA) is 68.5 Å². The van der Waals surface area contributed by atoms with Crippen molar-refractivity contribution in [2.45, 2.75) is 26.9 Å². The van der Waals surface area contributed by atoms with Gasteiger partial charge < -0.3 is 14.1 Å². The molecule has 0 spiro atoms. The fraction of sp³-hybridized carbons (Fsp3) is 0.471. The zero-order chi connectivity index (χ0) is 16.4. The lowest BCUT2D eigenvalue weighted by atomic mass is 9.93. The van der Waals surface area contributed by atoms with E-state index < -0.39 is 0 Å². The highest BCUT2D eigenvalue weighted by molar-refractivity contribution is 5.95. The number of carbonyl (C=O) groups excluding carboxylic acids is 1. The summed E-state index contributed by atoms with van der Waals surface area (Å²) >= 11 is 0. The molecule has 0 unspecified atom stereocenters. The lowest BCUT2D eigenvalue weighted by Gasteiger charge is -2.20. The Kier molecular flexibility index (Phi) is 4.17. The predicted molar refractivity (Wildman–Crippen MR) is 84.7 cm³/mol. The van der Waals surface area contributed by atoms with E-state index in [9.17, 15) is 4.79 Å². The smallest absolute Gasteiger partial charge is 0.253 e. The third-order valence-corrected chi connectivity index (χ3v) is 4.06. The maximum absolute atomic E-state index is 12.7. The van der Waals surface area contributed by atoms with Crippen LogP contribution in [0.1, 0.15) is 36.5 Å². The van der Waals surface area contributed by atoms with Gasteiger partial charge in [-0.2, -0.15) is 0 Å². The van der Waals surface area contributed by atoms with E-state index in [2.05, 4.69) is 24.0 Å². The molecule has 1 aromatic carbocycles. The highest BCUT2D eigenvalue weighted by atomic mass is 16.5. The standard InChI is InChI=1S/C17H21N3O3/c1-17(2)7-8-20(11-17)16(21)13-6-4-5-12(9-13)15-19-18-14(23-15)10-22-3/h4-6,9H,7-8,10-11H2,1-3H3. The first-order valence-electron chi connectivity index (χ1n) is 7.69. The van der Waals surface area contributed by atoms with Crippen LogP contribution in [0.2, 0.25) is 0 Å². The van der Waals surface area contributed by atoms with E-state index in [0.29, 0.717) is 17.3 Å². The number of rotatable bonds is 4. The monoisotopic (exact) mass is 315 g/mol. The van der Waals surface area contributed by atoms with Crippen LogP contribution in [0.15, 0.2) is 28.7 Å². The van der Waals surface area contributed by atoms with Gasteiger partial charge in [-0.15, -0.1) is 10.2 Å². The molecule has 1 amide bonds. The maximum atomic E-state index is 12.7. The molecule has 0 aliphatic carbocycles. The molecule has 2 heterocycles. The van der Waals surface area contributed by atoms with Crippen molar-refractivity contribution < 1.29 is 13.9 Å². The van der Waals surface area contributed by atoms with Gasteiger partial charge in [0.25, 0.3) is 5.91 Å². The van der Waals surface area contributed by atoms with E-state index in [1.807, 2.05) is 23.1 Å². The fourth-order valence-corrected chi connectivity index (χ4v) is 2.81. The number of hydrogen-bond acceptors (Lipinski definition) is 5. The Morgan fingerprint density at radius 1 is 1.39 bits per heavy atom. The zero-order valence-electron chi connectivity index (χ0n) is 13.7. The Morgan fingerprint density at radius 2 is 2.22 bits per heavy atom. The van der Waals surface area contributed by atoms with Crippen LogP contribution in [0.4, 0.5) is 0 Å². The lowest BCUT2D eigenvalue weighted by molar-refractivity contribution is 0.0778. The summed E-state index contributed by atoms with van der Waals surface area (Å²) in [5.74, 6) is 0.864. The number of amides is 1. The normalized spacial score (nSPS) is 16.7. The van der Waals surface area contributed by atoms with Crippen LogP contribution in [-0.2, 0) is 11.3 Å². The summed E-state index contributed by atoms with van der Waals surface area (Å²) in [6.07, 6.45) is 1.03. The molecule has 23 heavy (non-hydrogen) atoms. The molecule has 6 heteroatoms. The van der Waals surface area contributed by atoms with Crippen LogP contribution >= 0.6 is 0 Å². The maximum Gasteiger partial charge on any atom is 0.253 e. The third-order valence-electron chi connectivity index (χ3n) is 4.06. The van der Waals surface area contributed by atoms with Gasteiger partial charge in [0.05, 0.1) is 0 Å². The Balaban J connectivity index is 1.80. The van der Waals surface area contributed by atoms with E-state index >= 15 is 0 Å². The molecule has 1 aliphatic rings. The summed E-state index contributed by atoms with van der Waals surface area (Å²) in [7, 11) is 1.57. The Morgan fingerprint density at radius 3 is 2.91 bits per heavy atom. The molecule has 1 aliphatic heterocycles. The first-order valence-corrected chi connectivity index (χ1v) is 7.69. The molecule has 0 saturated carbocycles. The summed E-state index contributed by atoms with van der Waals surface area (Å²) in [4.78, 5) is 14.6. The van der Waals surface area contributed by atoms with Crippen molar-refractivity contribution in [2.75, 3.05) is 20.2 Å². The number of methoxy groups -OCH3 is 1. The number of nitrogens with zero attached hydrogens (tertiary/aromatic N) is 3. The van der Waals surface area contributed by atoms with Crippen molar-refractivity contribution in [2.24, 2.45) is 5.41 Å². The SMILES string of the molecule is COCc1nnc(-c2cccc(C(=O)N3CCC(C)(C)C3)c2)o1. The van der Waals surface area contributed by atoms with Crippen LogP contribution in [0.3, 0.4) is 0 Å². The highest BCUT2D eigenvalue weighted by Crippen LogP contribution is 2.30. The largest absolute Gasteiger partial charge is 0.418 e. The fourth-order valence-electron chi connectivity index (χ4n) is 2.81. The Bertz CT molecular complexity index is 709. The predicted octanol–water partition coefficient (Wildman–Crippen LogP) is 2.76. The van der Waals surface area contributed by atoms with Gasteiger partial charge in [-0.25, -0.2) is 0 Å². The first-order chi connectivity index (χ1) is 11.0. The number of carbonyl (C=O) groups is 1. The molecule has 0 N–H and O–H groups in total. The number of hydrogen-bond donors (Lipinski definition) is 0. The molecule has 0 bridgehead atoms. The first kappa shape index (κ1) is 15.7. The Labute approximate surface area is 135 Å². The molecule has 1 fully saturated rings. The summed E-state index contributed by atoms with van der Waals surface area (Å²) in [5, 5.41) is 7.92. The van der Waals surface area contributed by atoms with E-state index in [0.717, 1.165) is 25.1 Å². The Hall–Kier alpha value is -2.21. The van der Waals surface area contributed by atoms with Crippen molar-refractivity contribution in [1.29, 1.82) is 0 Å². The minimum Gasteiger partial charge on any atom is -0.418 e. The van der Waals surface area contributed by atoms with Gasteiger partial charge in [-0.1, -0.05) is 19.9 Å². The average molecular weight is 315 g/mol. The second-order valence-corrected chi connectivity index (χ2v) is 6.66. The summed E-state index contributed by atoms with van der Waals surface area (Å²) in [5.41, 5.74) is 1.57. The van der Waals surface area contributed by atoms with Gasteiger partial charge in [0.1, 0.15) is 6.61 Å². The minimum atomic E-state index is 0.0501. The van der Waals surface area contributed by atoms with Gasteiger partial charge >= 0.3 is 0 Å². The van der Waals surface area contributed by atoms with E-state index in [1.54, 1.807) is 13.2 Å². The zero-order valence-corrected chi connectivity index (χ0v) is 13.7. The molecule has 1 aromatic heterocycles. The van der Waals surface area contributed by atoms with Gasteiger partial charge in [0.15, 0.2) is 0 Å². The van der Waals surface area contributed by atoms with Crippen molar-refractivity contribution in [3.05, 3.63) is 35.7 Å². The summed E-state index contributed by atoms with van der Waals surface area (Å²) in [6, 6.07) is 7.32. The van der Waals surface area contributed by atoms with Crippen molar-refractivity contribution in [3.8, 4) is 11.5 Å². The van der Waals surface area contributed by atoms with Crippen molar-refractivity contribution >= 4 is 5.91 Å². The third kappa shape index (κ3) is 3.42. The molecule has 0 radical (unpaired) electrons. The van der Waals surface area contributed by atoms with E-state index in [1.165, 1.54) is 0 Å². The molecule has 122 valence electrons. The molecular formula is C17H21N3O3. The number of ether oxygens (including phenoxy) is 1. The van der Waals surface area contributed by atoms with E-state index in [-0.39, 0.29) is 17.9 Å². The minimum absolute atomic E-state index is 0.0501. The van der Waals surface area contributed by atoms with Gasteiger partial charge in [-0.3, -0.25) is 4.79 Å². The van der Waals surface area contributed by atoms with E-state index in [4.69, 9.17) is 9.15 Å². The van der Waals surface area contributed by atoms with Crippen molar-refractivity contribution in [1.82, 2.24) is 15.1 Å². The number of aromatic nitrogens is 2. The highest BCUT2D eigenvalue weighted by Gasteiger charge is 2.32. The van der Waals surface area contributed by atoms with Crippen LogP contribution in [0.5, 0.6) is 0 Å². The summed E-state index contributed by atoms with van der Waals surface area (Å²) in [6.45, 7) is 6.23. The van der Waals surface area contributed by atoms with Gasteiger partial charge in [0, 0.05) is 31.3 Å². The molecule has 6 nitrogen and oxygen atoms in total. The second-order valence-electron chi connectivity index (χ2n) is 6.66. The number of benzene rings is 1. The molecular weight excluding hydrogens is 294 g/mol. The van der Waals surface area contributed by atoms with Crippen molar-refractivity contribution in [3.63, 3.8) is 0 Å². The molecule has 2 aromatic rings.